The Morgan fingerprint density at radius 2 is 1.73 bits per heavy atom. The first-order valence-corrected chi connectivity index (χ1v) is 5.49. The van der Waals surface area contributed by atoms with Crippen molar-refractivity contribution in [2.75, 3.05) is 0 Å². The van der Waals surface area contributed by atoms with Crippen LogP contribution >= 0.6 is 23.2 Å². The first-order valence-electron chi connectivity index (χ1n) is 4.73. The molecular formula is C12H11Cl2N. The molecule has 78 valence electrons. The van der Waals surface area contributed by atoms with E-state index in [9.17, 15) is 0 Å². The molecule has 15 heavy (non-hydrogen) atoms. The summed E-state index contributed by atoms with van der Waals surface area (Å²) in [7, 11) is 0. The maximum atomic E-state index is 6.27. The van der Waals surface area contributed by atoms with Crippen LogP contribution in [-0.4, -0.2) is 4.98 Å². The molecule has 2 aromatic rings. The smallest absolute Gasteiger partial charge is 0.0735 e. The molecule has 1 aromatic carbocycles. The molecule has 0 aliphatic heterocycles. The van der Waals surface area contributed by atoms with Gasteiger partial charge in [0, 0.05) is 16.1 Å². The van der Waals surface area contributed by atoms with Crippen LogP contribution in [0.5, 0.6) is 0 Å². The second kappa shape index (κ2) is 3.66. The normalized spacial score (nSPS) is 11.0. The highest BCUT2D eigenvalue weighted by Crippen LogP contribution is 2.30. The van der Waals surface area contributed by atoms with Crippen molar-refractivity contribution >= 4 is 34.1 Å². The number of nitrogens with zero attached hydrogens (tertiary/aromatic N) is 1. The van der Waals surface area contributed by atoms with E-state index in [1.807, 2.05) is 32.9 Å². The number of aromatic nitrogens is 1. The van der Waals surface area contributed by atoms with Gasteiger partial charge in [0.15, 0.2) is 0 Å². The van der Waals surface area contributed by atoms with Crippen molar-refractivity contribution in [1.82, 2.24) is 4.98 Å². The van der Waals surface area contributed by atoms with Crippen LogP contribution < -0.4 is 0 Å². The molecule has 0 fully saturated rings. The van der Waals surface area contributed by atoms with E-state index < -0.39 is 0 Å². The van der Waals surface area contributed by atoms with Gasteiger partial charge in [0.1, 0.15) is 0 Å². The Morgan fingerprint density at radius 3 is 2.40 bits per heavy atom. The van der Waals surface area contributed by atoms with Gasteiger partial charge >= 0.3 is 0 Å². The predicted octanol–water partition coefficient (Wildman–Crippen LogP) is 4.47. The van der Waals surface area contributed by atoms with Crippen molar-refractivity contribution in [2.24, 2.45) is 0 Å². The minimum Gasteiger partial charge on any atom is -0.253 e. The molecule has 1 aromatic heterocycles. The quantitative estimate of drug-likeness (QED) is 0.662. The van der Waals surface area contributed by atoms with Gasteiger partial charge in [-0.1, -0.05) is 23.2 Å². The Labute approximate surface area is 99.0 Å². The molecule has 0 saturated carbocycles. The third-order valence-corrected chi connectivity index (χ3v) is 3.57. The van der Waals surface area contributed by atoms with Gasteiger partial charge in [0.25, 0.3) is 0 Å². The first-order chi connectivity index (χ1) is 7.00. The van der Waals surface area contributed by atoms with Crippen molar-refractivity contribution in [1.29, 1.82) is 0 Å². The maximum Gasteiger partial charge on any atom is 0.0735 e. The van der Waals surface area contributed by atoms with Crippen LogP contribution in [0.1, 0.15) is 16.8 Å². The highest BCUT2D eigenvalue weighted by Gasteiger charge is 2.08. The van der Waals surface area contributed by atoms with Crippen LogP contribution in [0.4, 0.5) is 0 Å². The largest absolute Gasteiger partial charge is 0.253 e. The van der Waals surface area contributed by atoms with Crippen LogP contribution in [0.2, 0.25) is 10.0 Å². The van der Waals surface area contributed by atoms with Gasteiger partial charge in [0.2, 0.25) is 0 Å². The summed E-state index contributed by atoms with van der Waals surface area (Å²) in [6.07, 6.45) is 0. The second-order valence-electron chi connectivity index (χ2n) is 3.75. The fourth-order valence-electron chi connectivity index (χ4n) is 1.56. The van der Waals surface area contributed by atoms with E-state index in [1.54, 1.807) is 0 Å². The topological polar surface area (TPSA) is 12.9 Å². The van der Waals surface area contributed by atoms with Crippen LogP contribution in [0.3, 0.4) is 0 Å². The summed E-state index contributed by atoms with van der Waals surface area (Å²) in [5, 5.41) is 2.48. The van der Waals surface area contributed by atoms with E-state index in [0.29, 0.717) is 0 Å². The van der Waals surface area contributed by atoms with Gasteiger partial charge in [-0.05, 0) is 44.0 Å². The molecule has 1 heterocycles. The Balaban J connectivity index is 2.93. The molecule has 2 rings (SSSR count). The average molecular weight is 240 g/mol. The summed E-state index contributed by atoms with van der Waals surface area (Å²) in [6.45, 7) is 5.90. The van der Waals surface area contributed by atoms with Crippen molar-refractivity contribution in [2.45, 2.75) is 20.8 Å². The summed E-state index contributed by atoms with van der Waals surface area (Å²) < 4.78 is 0. The Kier molecular flexibility index (Phi) is 2.61. The summed E-state index contributed by atoms with van der Waals surface area (Å²) in [6, 6.07) is 3.85. The molecule has 0 unspecified atom stereocenters. The van der Waals surface area contributed by atoms with Gasteiger partial charge in [-0.15, -0.1) is 0 Å². The summed E-state index contributed by atoms with van der Waals surface area (Å²) >= 11 is 12.3. The van der Waals surface area contributed by atoms with Crippen molar-refractivity contribution < 1.29 is 0 Å². The van der Waals surface area contributed by atoms with Gasteiger partial charge < -0.3 is 0 Å². The fourth-order valence-corrected chi connectivity index (χ4v) is 2.01. The molecule has 0 aliphatic carbocycles. The van der Waals surface area contributed by atoms with Crippen LogP contribution in [0, 0.1) is 20.8 Å². The lowest BCUT2D eigenvalue weighted by atomic mass is 10.1. The molecule has 0 saturated heterocycles. The standard InChI is InChI=1S/C12H11Cl2N/c1-6-4-9-11(5-10(6)13)15-8(3)7(2)12(9)14/h4-5H,1-3H3. The number of aryl methyl sites for hydroxylation is 2. The molecule has 0 atom stereocenters. The number of pyridine rings is 1. The highest BCUT2D eigenvalue weighted by atomic mass is 35.5. The van der Waals surface area contributed by atoms with Crippen LogP contribution in [-0.2, 0) is 0 Å². The average Bonchev–Trinajstić information content (AvgIpc) is 2.19. The number of benzene rings is 1. The van der Waals surface area contributed by atoms with E-state index in [-0.39, 0.29) is 0 Å². The zero-order valence-electron chi connectivity index (χ0n) is 8.86. The number of hydrogen-bond donors (Lipinski definition) is 0. The fraction of sp³-hybridized carbons (Fsp3) is 0.250. The number of hydrogen-bond acceptors (Lipinski definition) is 1. The van der Waals surface area contributed by atoms with E-state index in [0.717, 1.165) is 37.8 Å². The summed E-state index contributed by atoms with van der Waals surface area (Å²) in [5.41, 5.74) is 3.87. The molecule has 3 heteroatoms. The number of rotatable bonds is 0. The van der Waals surface area contributed by atoms with Gasteiger partial charge in [0.05, 0.1) is 10.5 Å². The van der Waals surface area contributed by atoms with Gasteiger partial charge in [-0.25, -0.2) is 0 Å². The Morgan fingerprint density at radius 1 is 1.07 bits per heavy atom. The molecule has 0 aliphatic rings. The van der Waals surface area contributed by atoms with E-state index in [2.05, 4.69) is 4.98 Å². The number of halogens is 2. The van der Waals surface area contributed by atoms with Crippen LogP contribution in [0.15, 0.2) is 12.1 Å². The van der Waals surface area contributed by atoms with E-state index in [1.165, 1.54) is 0 Å². The highest BCUT2D eigenvalue weighted by molar-refractivity contribution is 6.37. The zero-order chi connectivity index (χ0) is 11.2. The van der Waals surface area contributed by atoms with Crippen molar-refractivity contribution in [3.8, 4) is 0 Å². The van der Waals surface area contributed by atoms with Gasteiger partial charge in [-0.2, -0.15) is 0 Å². The monoisotopic (exact) mass is 239 g/mol. The number of fused-ring (bicyclic) bond motifs is 1. The minimum atomic E-state index is 0.731. The molecule has 0 spiro atoms. The Bertz CT molecular complexity index is 542. The van der Waals surface area contributed by atoms with E-state index in [4.69, 9.17) is 23.2 Å². The lowest BCUT2D eigenvalue weighted by molar-refractivity contribution is 1.19. The van der Waals surface area contributed by atoms with Crippen molar-refractivity contribution in [3.63, 3.8) is 0 Å². The molecule has 0 amide bonds. The van der Waals surface area contributed by atoms with E-state index >= 15 is 0 Å². The minimum absolute atomic E-state index is 0.731. The second-order valence-corrected chi connectivity index (χ2v) is 4.54. The summed E-state index contributed by atoms with van der Waals surface area (Å²) in [4.78, 5) is 4.47. The molecule has 1 nitrogen and oxygen atoms in total. The zero-order valence-corrected chi connectivity index (χ0v) is 10.4. The third kappa shape index (κ3) is 1.70. The summed E-state index contributed by atoms with van der Waals surface area (Å²) in [5.74, 6) is 0. The maximum absolute atomic E-state index is 6.27. The lowest BCUT2D eigenvalue weighted by Crippen LogP contribution is -1.91. The third-order valence-electron chi connectivity index (χ3n) is 2.67. The van der Waals surface area contributed by atoms with Crippen LogP contribution in [0.25, 0.3) is 10.9 Å². The molecular weight excluding hydrogens is 229 g/mol. The van der Waals surface area contributed by atoms with Gasteiger partial charge in [-0.3, -0.25) is 4.98 Å². The SMILES string of the molecule is Cc1cc2c(Cl)c(C)c(C)nc2cc1Cl. The lowest BCUT2D eigenvalue weighted by Gasteiger charge is -2.08. The Hall–Kier alpha value is -0.790. The predicted molar refractivity (Wildman–Crippen MR) is 66.0 cm³/mol. The first kappa shape index (κ1) is 10.7. The molecule has 0 bridgehead atoms. The molecule has 0 radical (unpaired) electrons. The molecule has 0 N–H and O–H groups in total. The van der Waals surface area contributed by atoms with Crippen molar-refractivity contribution in [3.05, 3.63) is 39.0 Å².